The second-order valence-corrected chi connectivity index (χ2v) is 5.90. The van der Waals surface area contributed by atoms with Gasteiger partial charge in [0.2, 0.25) is 0 Å². The maximum absolute atomic E-state index is 13.8. The molecule has 0 N–H and O–H groups in total. The van der Waals surface area contributed by atoms with E-state index in [1.54, 1.807) is 17.8 Å². The van der Waals surface area contributed by atoms with Crippen LogP contribution in [0.25, 0.3) is 0 Å². The van der Waals surface area contributed by atoms with Crippen molar-refractivity contribution in [1.82, 2.24) is 0 Å². The third-order valence-electron chi connectivity index (χ3n) is 2.67. The first kappa shape index (κ1) is 15.1. The molecule has 0 radical (unpaired) electrons. The van der Waals surface area contributed by atoms with Gasteiger partial charge >= 0.3 is 5.97 Å². The Labute approximate surface area is 129 Å². The van der Waals surface area contributed by atoms with E-state index in [1.807, 2.05) is 24.3 Å². The zero-order valence-electron chi connectivity index (χ0n) is 10.7. The van der Waals surface area contributed by atoms with Crippen molar-refractivity contribution < 1.29 is 13.9 Å². The van der Waals surface area contributed by atoms with Crippen LogP contribution in [0.3, 0.4) is 0 Å². The quantitative estimate of drug-likeness (QED) is 0.589. The maximum atomic E-state index is 13.8. The van der Waals surface area contributed by atoms with Gasteiger partial charge in [0.1, 0.15) is 5.82 Å². The monoisotopic (exact) mass is 354 g/mol. The van der Waals surface area contributed by atoms with Gasteiger partial charge in [-0.15, -0.1) is 11.8 Å². The molecule has 2 aromatic rings. The lowest BCUT2D eigenvalue weighted by Gasteiger charge is -2.06. The molecule has 0 aliphatic carbocycles. The van der Waals surface area contributed by atoms with E-state index in [0.29, 0.717) is 5.75 Å². The lowest BCUT2D eigenvalue weighted by molar-refractivity contribution is 0.0595. The molecule has 0 unspecified atom stereocenters. The first-order chi connectivity index (χ1) is 9.61. The van der Waals surface area contributed by atoms with Gasteiger partial charge in [-0.25, -0.2) is 9.18 Å². The fourth-order valence-electron chi connectivity index (χ4n) is 1.65. The van der Waals surface area contributed by atoms with Crippen LogP contribution >= 0.6 is 27.7 Å². The van der Waals surface area contributed by atoms with E-state index in [0.717, 1.165) is 14.9 Å². The Kier molecular flexibility index (Phi) is 5.20. The summed E-state index contributed by atoms with van der Waals surface area (Å²) >= 11 is 5.07. The van der Waals surface area contributed by atoms with Crippen LogP contribution < -0.4 is 0 Å². The van der Waals surface area contributed by atoms with Crippen LogP contribution in [0.2, 0.25) is 0 Å². The van der Waals surface area contributed by atoms with Crippen molar-refractivity contribution in [2.24, 2.45) is 0 Å². The average Bonchev–Trinajstić information content (AvgIpc) is 2.46. The second kappa shape index (κ2) is 6.90. The van der Waals surface area contributed by atoms with Crippen molar-refractivity contribution in [3.63, 3.8) is 0 Å². The highest BCUT2D eigenvalue weighted by atomic mass is 79.9. The minimum absolute atomic E-state index is 0.0397. The summed E-state index contributed by atoms with van der Waals surface area (Å²) in [6.45, 7) is 0. The Morgan fingerprint density at radius 3 is 2.70 bits per heavy atom. The van der Waals surface area contributed by atoms with E-state index in [9.17, 15) is 9.18 Å². The topological polar surface area (TPSA) is 26.3 Å². The Morgan fingerprint density at radius 2 is 2.05 bits per heavy atom. The number of carbonyl (C=O) groups is 1. The Bertz CT molecular complexity index is 631. The van der Waals surface area contributed by atoms with Gasteiger partial charge in [0.15, 0.2) is 0 Å². The van der Waals surface area contributed by atoms with Gasteiger partial charge in [0.25, 0.3) is 0 Å². The van der Waals surface area contributed by atoms with Crippen molar-refractivity contribution in [3.05, 3.63) is 63.9 Å². The highest BCUT2D eigenvalue weighted by Crippen LogP contribution is 2.30. The van der Waals surface area contributed by atoms with Crippen LogP contribution in [0.15, 0.2) is 51.8 Å². The molecule has 0 spiro atoms. The third-order valence-corrected chi connectivity index (χ3v) is 4.77. The highest BCUT2D eigenvalue weighted by Gasteiger charge is 2.12. The summed E-state index contributed by atoms with van der Waals surface area (Å²) in [6.07, 6.45) is 0. The number of ether oxygens (including phenoxy) is 1. The first-order valence-electron chi connectivity index (χ1n) is 5.86. The number of esters is 1. The molecular formula is C15H12BrFO2S. The zero-order chi connectivity index (χ0) is 14.5. The second-order valence-electron chi connectivity index (χ2n) is 4.02. The lowest BCUT2D eigenvalue weighted by Crippen LogP contribution is -2.04. The van der Waals surface area contributed by atoms with Crippen molar-refractivity contribution >= 4 is 33.7 Å². The lowest BCUT2D eigenvalue weighted by atomic mass is 10.1. The van der Waals surface area contributed by atoms with E-state index < -0.39 is 11.8 Å². The van der Waals surface area contributed by atoms with E-state index in [-0.39, 0.29) is 5.56 Å². The number of carbonyl (C=O) groups excluding carboxylic acids is 1. The summed E-state index contributed by atoms with van der Waals surface area (Å²) in [6, 6.07) is 12.4. The molecule has 0 amide bonds. The SMILES string of the molecule is COC(=O)c1ccc(CSc2ccccc2Br)cc1F. The number of thioether (sulfide) groups is 1. The Hall–Kier alpha value is -1.33. The molecule has 0 atom stereocenters. The number of benzene rings is 2. The van der Waals surface area contributed by atoms with Gasteiger partial charge in [0, 0.05) is 15.1 Å². The fraction of sp³-hybridized carbons (Fsp3) is 0.133. The molecule has 2 nitrogen and oxygen atoms in total. The molecule has 20 heavy (non-hydrogen) atoms. The van der Waals surface area contributed by atoms with E-state index >= 15 is 0 Å². The minimum atomic E-state index is -0.660. The normalized spacial score (nSPS) is 10.3. The third kappa shape index (κ3) is 3.61. The fourth-order valence-corrected chi connectivity index (χ4v) is 3.16. The molecule has 0 aromatic heterocycles. The molecule has 2 rings (SSSR count). The molecule has 0 heterocycles. The summed E-state index contributed by atoms with van der Waals surface area (Å²) in [4.78, 5) is 12.4. The van der Waals surface area contributed by atoms with Gasteiger partial charge in [0.05, 0.1) is 12.7 Å². The van der Waals surface area contributed by atoms with E-state index in [4.69, 9.17) is 0 Å². The summed E-state index contributed by atoms with van der Waals surface area (Å²) in [5, 5.41) is 0. The number of hydrogen-bond donors (Lipinski definition) is 0. The molecule has 0 saturated carbocycles. The highest BCUT2D eigenvalue weighted by molar-refractivity contribution is 9.10. The van der Waals surface area contributed by atoms with Crippen molar-refractivity contribution in [2.75, 3.05) is 7.11 Å². The maximum Gasteiger partial charge on any atom is 0.340 e. The van der Waals surface area contributed by atoms with Gasteiger partial charge in [-0.1, -0.05) is 18.2 Å². The largest absolute Gasteiger partial charge is 0.465 e. The van der Waals surface area contributed by atoms with Crippen molar-refractivity contribution in [3.8, 4) is 0 Å². The summed E-state index contributed by atoms with van der Waals surface area (Å²) < 4.78 is 19.3. The number of methoxy groups -OCH3 is 1. The molecule has 0 saturated heterocycles. The first-order valence-corrected chi connectivity index (χ1v) is 7.63. The van der Waals surface area contributed by atoms with E-state index in [2.05, 4.69) is 20.7 Å². The molecule has 0 aliphatic heterocycles. The van der Waals surface area contributed by atoms with Gasteiger partial charge < -0.3 is 4.74 Å². The summed E-state index contributed by atoms with van der Waals surface area (Å²) in [7, 11) is 1.23. The molecule has 2 aromatic carbocycles. The van der Waals surface area contributed by atoms with E-state index in [1.165, 1.54) is 19.2 Å². The smallest absolute Gasteiger partial charge is 0.340 e. The van der Waals surface area contributed by atoms with Gasteiger partial charge in [-0.3, -0.25) is 0 Å². The molecular weight excluding hydrogens is 343 g/mol. The molecule has 104 valence electrons. The minimum Gasteiger partial charge on any atom is -0.465 e. The molecule has 5 heteroatoms. The molecule has 0 fully saturated rings. The van der Waals surface area contributed by atoms with Crippen LogP contribution in [-0.2, 0) is 10.5 Å². The van der Waals surface area contributed by atoms with Gasteiger partial charge in [-0.2, -0.15) is 0 Å². The standard InChI is InChI=1S/C15H12BrFO2S/c1-19-15(18)11-7-6-10(8-13(11)17)9-20-14-5-3-2-4-12(14)16/h2-8H,9H2,1H3. The van der Waals surface area contributed by atoms with Crippen LogP contribution in [0, 0.1) is 5.82 Å². The molecule has 0 aliphatic rings. The summed E-state index contributed by atoms with van der Waals surface area (Å²) in [5.41, 5.74) is 0.776. The van der Waals surface area contributed by atoms with Gasteiger partial charge in [-0.05, 0) is 45.8 Å². The van der Waals surface area contributed by atoms with Crippen LogP contribution in [0.5, 0.6) is 0 Å². The molecule has 0 bridgehead atoms. The van der Waals surface area contributed by atoms with Crippen LogP contribution in [0.1, 0.15) is 15.9 Å². The zero-order valence-corrected chi connectivity index (χ0v) is 13.1. The number of halogens is 2. The Morgan fingerprint density at radius 1 is 1.30 bits per heavy atom. The Balaban J connectivity index is 2.10. The number of rotatable bonds is 4. The summed E-state index contributed by atoms with van der Waals surface area (Å²) in [5.74, 6) is -0.587. The predicted molar refractivity (Wildman–Crippen MR) is 81.4 cm³/mol. The van der Waals surface area contributed by atoms with Crippen molar-refractivity contribution in [1.29, 1.82) is 0 Å². The number of hydrogen-bond acceptors (Lipinski definition) is 3. The average molecular weight is 355 g/mol. The predicted octanol–water partition coefficient (Wildman–Crippen LogP) is 4.67. The van der Waals surface area contributed by atoms with Crippen LogP contribution in [-0.4, -0.2) is 13.1 Å². The van der Waals surface area contributed by atoms with Crippen molar-refractivity contribution in [2.45, 2.75) is 10.6 Å². The van der Waals surface area contributed by atoms with Crippen LogP contribution in [0.4, 0.5) is 4.39 Å².